The molecule has 0 amide bonds. The standard InChI is InChI=1S/C11H9BrO3/c1-14-11(13)7-5-8-9(12)3-2-4-10(8)15-6-7/h2-5H,6H2,1H3. The largest absolute Gasteiger partial charge is 0.488 e. The number of rotatable bonds is 1. The molecule has 4 heteroatoms. The monoisotopic (exact) mass is 268 g/mol. The summed E-state index contributed by atoms with van der Waals surface area (Å²) in [6, 6.07) is 5.66. The zero-order valence-corrected chi connectivity index (χ0v) is 9.71. The van der Waals surface area contributed by atoms with Gasteiger partial charge in [-0.25, -0.2) is 4.79 Å². The average Bonchev–Trinajstić information content (AvgIpc) is 2.28. The van der Waals surface area contributed by atoms with E-state index in [1.807, 2.05) is 18.2 Å². The summed E-state index contributed by atoms with van der Waals surface area (Å²) < 4.78 is 11.0. The molecule has 1 heterocycles. The van der Waals surface area contributed by atoms with E-state index in [0.717, 1.165) is 15.8 Å². The van der Waals surface area contributed by atoms with Crippen LogP contribution >= 0.6 is 15.9 Å². The molecule has 0 fully saturated rings. The number of fused-ring (bicyclic) bond motifs is 1. The Morgan fingerprint density at radius 2 is 2.33 bits per heavy atom. The molecule has 0 saturated carbocycles. The van der Waals surface area contributed by atoms with Crippen molar-refractivity contribution in [2.24, 2.45) is 0 Å². The summed E-state index contributed by atoms with van der Waals surface area (Å²) in [4.78, 5) is 11.3. The van der Waals surface area contributed by atoms with Crippen LogP contribution in [0, 0.1) is 0 Å². The Kier molecular flexibility index (Phi) is 2.77. The van der Waals surface area contributed by atoms with E-state index in [9.17, 15) is 4.79 Å². The van der Waals surface area contributed by atoms with Gasteiger partial charge in [-0.2, -0.15) is 0 Å². The van der Waals surface area contributed by atoms with Gasteiger partial charge in [-0.05, 0) is 18.2 Å². The van der Waals surface area contributed by atoms with Crippen LogP contribution in [0.1, 0.15) is 5.56 Å². The highest BCUT2D eigenvalue weighted by molar-refractivity contribution is 9.10. The van der Waals surface area contributed by atoms with Crippen molar-refractivity contribution in [3.05, 3.63) is 33.8 Å². The Morgan fingerprint density at radius 3 is 3.07 bits per heavy atom. The number of methoxy groups -OCH3 is 1. The number of hydrogen-bond acceptors (Lipinski definition) is 3. The van der Waals surface area contributed by atoms with Crippen molar-refractivity contribution in [3.8, 4) is 5.75 Å². The lowest BCUT2D eigenvalue weighted by atomic mass is 10.1. The smallest absolute Gasteiger partial charge is 0.337 e. The molecule has 1 aromatic carbocycles. The normalized spacial score (nSPS) is 13.6. The minimum Gasteiger partial charge on any atom is -0.488 e. The first-order valence-electron chi connectivity index (χ1n) is 4.42. The first-order valence-corrected chi connectivity index (χ1v) is 5.22. The predicted molar refractivity (Wildman–Crippen MR) is 59.6 cm³/mol. The Bertz CT molecular complexity index is 437. The minimum atomic E-state index is -0.351. The molecule has 0 bridgehead atoms. The lowest BCUT2D eigenvalue weighted by Crippen LogP contribution is -2.16. The molecule has 1 aromatic rings. The third-order valence-corrected chi connectivity index (χ3v) is 2.85. The number of carbonyl (C=O) groups excluding carboxylic acids is 1. The number of hydrogen-bond donors (Lipinski definition) is 0. The Hall–Kier alpha value is -1.29. The Morgan fingerprint density at radius 1 is 1.53 bits per heavy atom. The predicted octanol–water partition coefficient (Wildman–Crippen LogP) is 2.40. The molecule has 0 N–H and O–H groups in total. The highest BCUT2D eigenvalue weighted by atomic mass is 79.9. The van der Waals surface area contributed by atoms with Crippen molar-refractivity contribution in [1.29, 1.82) is 0 Å². The van der Waals surface area contributed by atoms with Crippen molar-refractivity contribution in [2.45, 2.75) is 0 Å². The fraction of sp³-hybridized carbons (Fsp3) is 0.182. The van der Waals surface area contributed by atoms with E-state index in [-0.39, 0.29) is 12.6 Å². The quantitative estimate of drug-likeness (QED) is 0.734. The Balaban J connectivity index is 2.44. The number of esters is 1. The van der Waals surface area contributed by atoms with E-state index < -0.39 is 0 Å². The molecule has 0 aliphatic carbocycles. The number of halogens is 1. The molecule has 0 atom stereocenters. The van der Waals surface area contributed by atoms with Gasteiger partial charge in [-0.3, -0.25) is 0 Å². The molecular weight excluding hydrogens is 260 g/mol. The van der Waals surface area contributed by atoms with E-state index in [1.165, 1.54) is 7.11 Å². The van der Waals surface area contributed by atoms with Crippen LogP contribution < -0.4 is 4.74 Å². The zero-order valence-electron chi connectivity index (χ0n) is 8.12. The number of ether oxygens (including phenoxy) is 2. The number of carbonyl (C=O) groups is 1. The van der Waals surface area contributed by atoms with Crippen molar-refractivity contribution in [2.75, 3.05) is 13.7 Å². The van der Waals surface area contributed by atoms with Gasteiger partial charge in [0.1, 0.15) is 12.4 Å². The van der Waals surface area contributed by atoms with E-state index in [1.54, 1.807) is 6.08 Å². The lowest BCUT2D eigenvalue weighted by molar-refractivity contribution is -0.136. The highest BCUT2D eigenvalue weighted by Crippen LogP contribution is 2.32. The fourth-order valence-corrected chi connectivity index (χ4v) is 1.87. The fourth-order valence-electron chi connectivity index (χ4n) is 1.40. The summed E-state index contributed by atoms with van der Waals surface area (Å²) in [6.45, 7) is 0.260. The SMILES string of the molecule is COC(=O)C1=Cc2c(Br)cccc2OC1. The van der Waals surface area contributed by atoms with Gasteiger partial charge in [0, 0.05) is 10.0 Å². The second-order valence-corrected chi connectivity index (χ2v) is 3.96. The molecule has 2 rings (SSSR count). The van der Waals surface area contributed by atoms with E-state index in [2.05, 4.69) is 20.7 Å². The molecule has 78 valence electrons. The summed E-state index contributed by atoms with van der Waals surface area (Å²) in [5.41, 5.74) is 1.40. The van der Waals surface area contributed by atoms with Crippen LogP contribution in [0.15, 0.2) is 28.2 Å². The Labute approximate surface area is 95.8 Å². The third-order valence-electron chi connectivity index (χ3n) is 2.16. The molecule has 0 unspecified atom stereocenters. The maximum absolute atomic E-state index is 11.3. The van der Waals surface area contributed by atoms with Crippen molar-refractivity contribution < 1.29 is 14.3 Å². The van der Waals surface area contributed by atoms with Crippen molar-refractivity contribution in [1.82, 2.24) is 0 Å². The van der Waals surface area contributed by atoms with Crippen LogP contribution in [0.5, 0.6) is 5.75 Å². The third kappa shape index (κ3) is 1.90. The van der Waals surface area contributed by atoms with Crippen molar-refractivity contribution in [3.63, 3.8) is 0 Å². The van der Waals surface area contributed by atoms with E-state index in [0.29, 0.717) is 5.57 Å². The van der Waals surface area contributed by atoms with Crippen LogP contribution in [0.4, 0.5) is 0 Å². The van der Waals surface area contributed by atoms with Gasteiger partial charge < -0.3 is 9.47 Å². The van der Waals surface area contributed by atoms with Gasteiger partial charge in [-0.15, -0.1) is 0 Å². The van der Waals surface area contributed by atoms with Gasteiger partial charge >= 0.3 is 5.97 Å². The maximum Gasteiger partial charge on any atom is 0.337 e. The second kappa shape index (κ2) is 4.06. The van der Waals surface area contributed by atoms with Gasteiger partial charge in [0.05, 0.1) is 12.7 Å². The van der Waals surface area contributed by atoms with Crippen molar-refractivity contribution >= 4 is 28.0 Å². The second-order valence-electron chi connectivity index (χ2n) is 3.10. The molecule has 3 nitrogen and oxygen atoms in total. The molecule has 0 radical (unpaired) electrons. The van der Waals surface area contributed by atoms with E-state index in [4.69, 9.17) is 4.74 Å². The molecule has 0 saturated heterocycles. The van der Waals surface area contributed by atoms with E-state index >= 15 is 0 Å². The maximum atomic E-state index is 11.3. The number of benzene rings is 1. The van der Waals surface area contributed by atoms with Crippen LogP contribution in [0.2, 0.25) is 0 Å². The summed E-state index contributed by atoms with van der Waals surface area (Å²) in [6.07, 6.45) is 1.79. The summed E-state index contributed by atoms with van der Waals surface area (Å²) >= 11 is 3.40. The lowest BCUT2D eigenvalue weighted by Gasteiger charge is -2.17. The molecule has 1 aliphatic rings. The average molecular weight is 269 g/mol. The van der Waals surface area contributed by atoms with Gasteiger partial charge in [0.15, 0.2) is 0 Å². The van der Waals surface area contributed by atoms with Gasteiger partial charge in [0.25, 0.3) is 0 Å². The first kappa shape index (κ1) is 10.2. The molecular formula is C11H9BrO3. The van der Waals surface area contributed by atoms with Crippen LogP contribution in [-0.2, 0) is 9.53 Å². The van der Waals surface area contributed by atoms with Crippen LogP contribution in [0.3, 0.4) is 0 Å². The molecule has 15 heavy (non-hydrogen) atoms. The van der Waals surface area contributed by atoms with Gasteiger partial charge in [-0.1, -0.05) is 22.0 Å². The van der Waals surface area contributed by atoms with Crippen LogP contribution in [-0.4, -0.2) is 19.7 Å². The minimum absolute atomic E-state index is 0.260. The zero-order chi connectivity index (χ0) is 10.8. The topological polar surface area (TPSA) is 35.5 Å². The summed E-state index contributed by atoms with van der Waals surface area (Å²) in [5.74, 6) is 0.424. The van der Waals surface area contributed by atoms with Crippen LogP contribution in [0.25, 0.3) is 6.08 Å². The highest BCUT2D eigenvalue weighted by Gasteiger charge is 2.18. The summed E-state index contributed by atoms with van der Waals surface area (Å²) in [5, 5.41) is 0. The van der Waals surface area contributed by atoms with Gasteiger partial charge in [0.2, 0.25) is 0 Å². The summed E-state index contributed by atoms with van der Waals surface area (Å²) in [7, 11) is 1.36. The molecule has 0 spiro atoms. The first-order chi connectivity index (χ1) is 7.22. The molecule has 0 aromatic heterocycles. The molecule has 1 aliphatic heterocycles.